The smallest absolute Gasteiger partial charge is 0.316 e. The lowest BCUT2D eigenvalue weighted by Gasteiger charge is -2.65. The summed E-state index contributed by atoms with van der Waals surface area (Å²) in [5.74, 6) is 0.219. The van der Waals surface area contributed by atoms with Gasteiger partial charge >= 0.3 is 5.97 Å². The molecule has 3 bridgehead atoms. The molecule has 3 aliphatic heterocycles. The molecule has 1 saturated carbocycles. The van der Waals surface area contributed by atoms with E-state index >= 15 is 0 Å². The standard InChI is InChI=1S/C23H28N2O5/c1-5-13-11-25-18-9-16(13)23(12-26,21(27)30-4)22(10-19(25)29-3)15-7-6-14(28-2)8-17(15)24-20(18)22/h5-8,16,18-19,26H,9-12H2,1-4H3. The molecule has 7 nitrogen and oxygen atoms in total. The molecule has 4 aliphatic rings. The van der Waals surface area contributed by atoms with Crippen molar-refractivity contribution in [2.24, 2.45) is 16.3 Å². The van der Waals surface area contributed by atoms with E-state index in [1.807, 2.05) is 25.1 Å². The molecule has 0 aromatic heterocycles. The SMILES string of the molecule is CC=C1CN2C(OC)CC34C(=Nc5cc(OC)ccc53)C2CC1C4(CO)C(=O)OC. The van der Waals surface area contributed by atoms with E-state index in [9.17, 15) is 9.90 Å². The molecule has 0 spiro atoms. The van der Waals surface area contributed by atoms with Crippen LogP contribution in [0.1, 0.15) is 25.3 Å². The van der Waals surface area contributed by atoms with Gasteiger partial charge < -0.3 is 19.3 Å². The Kier molecular flexibility index (Phi) is 4.36. The number of carbonyl (C=O) groups excluding carboxylic acids is 1. The van der Waals surface area contributed by atoms with Crippen molar-refractivity contribution < 1.29 is 24.1 Å². The van der Waals surface area contributed by atoms with Gasteiger partial charge in [0.1, 0.15) is 17.4 Å². The molecule has 1 aromatic carbocycles. The first kappa shape index (κ1) is 19.7. The van der Waals surface area contributed by atoms with Crippen LogP contribution in [0.25, 0.3) is 0 Å². The molecule has 0 amide bonds. The Morgan fingerprint density at radius 2 is 2.17 bits per heavy atom. The van der Waals surface area contributed by atoms with Crippen molar-refractivity contribution in [3.63, 3.8) is 0 Å². The number of aliphatic hydroxyl groups is 1. The Balaban J connectivity index is 1.86. The van der Waals surface area contributed by atoms with Crippen molar-refractivity contribution in [3.05, 3.63) is 35.4 Å². The third-order valence-corrected chi connectivity index (χ3v) is 7.98. The van der Waals surface area contributed by atoms with Crippen molar-refractivity contribution >= 4 is 17.4 Å². The molecule has 1 aliphatic carbocycles. The second-order valence-electron chi connectivity index (χ2n) is 8.64. The van der Waals surface area contributed by atoms with Gasteiger partial charge in [0.2, 0.25) is 0 Å². The lowest BCUT2D eigenvalue weighted by Crippen LogP contribution is -2.77. The van der Waals surface area contributed by atoms with Gasteiger partial charge in [0.25, 0.3) is 0 Å². The molecule has 1 aromatic rings. The number of esters is 1. The molecule has 0 radical (unpaired) electrons. The van der Waals surface area contributed by atoms with E-state index in [1.54, 1.807) is 14.2 Å². The van der Waals surface area contributed by atoms with E-state index in [1.165, 1.54) is 7.11 Å². The zero-order valence-corrected chi connectivity index (χ0v) is 17.8. The first-order valence-corrected chi connectivity index (χ1v) is 10.4. The van der Waals surface area contributed by atoms with Crippen LogP contribution in [0.3, 0.4) is 0 Å². The molecule has 5 atom stereocenters. The van der Waals surface area contributed by atoms with Crippen molar-refractivity contribution in [2.75, 3.05) is 34.5 Å². The maximum Gasteiger partial charge on any atom is 0.316 e. The zero-order valence-electron chi connectivity index (χ0n) is 17.8. The molecule has 3 heterocycles. The normalized spacial score (nSPS) is 37.6. The number of allylic oxidation sites excluding steroid dienone is 1. The van der Waals surface area contributed by atoms with Crippen LogP contribution >= 0.6 is 0 Å². The molecule has 160 valence electrons. The van der Waals surface area contributed by atoms with Crippen LogP contribution in [0.2, 0.25) is 0 Å². The van der Waals surface area contributed by atoms with E-state index in [-0.39, 0.29) is 30.8 Å². The number of piperidine rings is 2. The Bertz CT molecular complexity index is 972. The molecule has 1 N–H and O–H groups in total. The molecular formula is C23H28N2O5. The van der Waals surface area contributed by atoms with Gasteiger partial charge in [-0.3, -0.25) is 14.7 Å². The number of carbonyl (C=O) groups is 1. The summed E-state index contributed by atoms with van der Waals surface area (Å²) in [6, 6.07) is 5.87. The van der Waals surface area contributed by atoms with Crippen molar-refractivity contribution in [1.29, 1.82) is 0 Å². The summed E-state index contributed by atoms with van der Waals surface area (Å²) in [4.78, 5) is 21.0. The minimum Gasteiger partial charge on any atom is -0.497 e. The summed E-state index contributed by atoms with van der Waals surface area (Å²) in [5, 5.41) is 11.0. The predicted octanol–water partition coefficient (Wildman–Crippen LogP) is 2.20. The number of ether oxygens (including phenoxy) is 3. The maximum atomic E-state index is 13.6. The molecule has 5 unspecified atom stereocenters. The lowest BCUT2D eigenvalue weighted by atomic mass is 9.43. The maximum absolute atomic E-state index is 13.6. The van der Waals surface area contributed by atoms with Crippen LogP contribution in [-0.2, 0) is 19.7 Å². The predicted molar refractivity (Wildman–Crippen MR) is 111 cm³/mol. The van der Waals surface area contributed by atoms with Gasteiger partial charge in [-0.1, -0.05) is 17.7 Å². The minimum atomic E-state index is -1.15. The number of nitrogens with zero attached hydrogens (tertiary/aromatic N) is 2. The van der Waals surface area contributed by atoms with Crippen molar-refractivity contribution in [3.8, 4) is 5.75 Å². The van der Waals surface area contributed by atoms with E-state index in [0.29, 0.717) is 19.4 Å². The monoisotopic (exact) mass is 412 g/mol. The number of benzene rings is 1. The fraction of sp³-hybridized carbons (Fsp3) is 0.565. The Morgan fingerprint density at radius 3 is 2.80 bits per heavy atom. The van der Waals surface area contributed by atoms with Crippen LogP contribution in [0, 0.1) is 11.3 Å². The van der Waals surface area contributed by atoms with Gasteiger partial charge in [-0.25, -0.2) is 0 Å². The molecule has 2 saturated heterocycles. The number of hydrogen-bond donors (Lipinski definition) is 1. The van der Waals surface area contributed by atoms with Crippen molar-refractivity contribution in [2.45, 2.75) is 37.5 Å². The first-order valence-electron chi connectivity index (χ1n) is 10.4. The molecule has 3 fully saturated rings. The largest absolute Gasteiger partial charge is 0.497 e. The van der Waals surface area contributed by atoms with E-state index in [0.717, 1.165) is 28.3 Å². The number of rotatable bonds is 4. The summed E-state index contributed by atoms with van der Waals surface area (Å²) in [6.07, 6.45) is 3.15. The van der Waals surface area contributed by atoms with Gasteiger partial charge in [-0.2, -0.15) is 0 Å². The number of fused-ring (bicyclic) bond motifs is 2. The number of methoxy groups -OCH3 is 3. The zero-order chi connectivity index (χ0) is 21.3. The van der Waals surface area contributed by atoms with E-state index in [2.05, 4.69) is 11.0 Å². The fourth-order valence-electron chi connectivity index (χ4n) is 6.71. The van der Waals surface area contributed by atoms with Gasteiger partial charge in [0, 0.05) is 37.8 Å². The summed E-state index contributed by atoms with van der Waals surface area (Å²) < 4.78 is 16.8. The Hall–Kier alpha value is -2.22. The average Bonchev–Trinajstić information content (AvgIpc) is 3.13. The van der Waals surface area contributed by atoms with Gasteiger partial charge in [0.15, 0.2) is 0 Å². The molecular weight excluding hydrogens is 384 g/mol. The van der Waals surface area contributed by atoms with E-state index in [4.69, 9.17) is 19.2 Å². The fourth-order valence-corrected chi connectivity index (χ4v) is 6.71. The quantitative estimate of drug-likeness (QED) is 0.603. The molecule has 5 rings (SSSR count). The first-order chi connectivity index (χ1) is 14.5. The third kappa shape index (κ3) is 2.05. The van der Waals surface area contributed by atoms with Crippen LogP contribution in [-0.4, -0.2) is 68.4 Å². The van der Waals surface area contributed by atoms with Crippen LogP contribution in [0.5, 0.6) is 5.75 Å². The minimum absolute atomic E-state index is 0.0557. The van der Waals surface area contributed by atoms with Gasteiger partial charge in [-0.05, 0) is 25.0 Å². The summed E-state index contributed by atoms with van der Waals surface area (Å²) in [7, 11) is 4.75. The highest BCUT2D eigenvalue weighted by Crippen LogP contribution is 2.67. The second kappa shape index (κ2) is 6.64. The van der Waals surface area contributed by atoms with Crippen LogP contribution < -0.4 is 4.74 Å². The average molecular weight is 412 g/mol. The van der Waals surface area contributed by atoms with Crippen LogP contribution in [0.15, 0.2) is 34.8 Å². The van der Waals surface area contributed by atoms with Crippen molar-refractivity contribution in [1.82, 2.24) is 4.90 Å². The van der Waals surface area contributed by atoms with Crippen LogP contribution in [0.4, 0.5) is 5.69 Å². The van der Waals surface area contributed by atoms with Gasteiger partial charge in [-0.15, -0.1) is 0 Å². The summed E-state index contributed by atoms with van der Waals surface area (Å²) in [5.41, 5.74) is 1.92. The van der Waals surface area contributed by atoms with E-state index < -0.39 is 10.8 Å². The lowest BCUT2D eigenvalue weighted by molar-refractivity contribution is -0.182. The molecule has 30 heavy (non-hydrogen) atoms. The second-order valence-corrected chi connectivity index (χ2v) is 8.64. The molecule has 7 heteroatoms. The summed E-state index contributed by atoms with van der Waals surface area (Å²) in [6.45, 7) is 2.38. The number of aliphatic hydroxyl groups excluding tert-OH is 1. The summed E-state index contributed by atoms with van der Waals surface area (Å²) >= 11 is 0. The van der Waals surface area contributed by atoms with Gasteiger partial charge in [0.05, 0.1) is 38.0 Å². The third-order valence-electron chi connectivity index (χ3n) is 7.98. The highest BCUT2D eigenvalue weighted by molar-refractivity contribution is 6.11. The Labute approximate surface area is 176 Å². The number of hydrogen-bond acceptors (Lipinski definition) is 7. The topological polar surface area (TPSA) is 80.6 Å². The highest BCUT2D eigenvalue weighted by Gasteiger charge is 2.75. The Morgan fingerprint density at radius 1 is 1.37 bits per heavy atom. The highest BCUT2D eigenvalue weighted by atomic mass is 16.5. The number of aliphatic imine (C=N–C) groups is 1.